The highest BCUT2D eigenvalue weighted by Crippen LogP contribution is 2.20. The van der Waals surface area contributed by atoms with E-state index in [0.29, 0.717) is 18.9 Å². The third-order valence-electron chi connectivity index (χ3n) is 5.58. The maximum Gasteiger partial charge on any atom is 0.191 e. The van der Waals surface area contributed by atoms with Crippen LogP contribution in [-0.2, 0) is 22.9 Å². The maximum atomic E-state index is 11.7. The fraction of sp³-hybridized carbons (Fsp3) is 0.667. The van der Waals surface area contributed by atoms with Gasteiger partial charge >= 0.3 is 0 Å². The van der Waals surface area contributed by atoms with E-state index in [1.807, 2.05) is 6.92 Å². The zero-order valence-electron chi connectivity index (χ0n) is 17.6. The summed E-state index contributed by atoms with van der Waals surface area (Å²) in [5.74, 6) is 1.93. The lowest BCUT2D eigenvalue weighted by molar-refractivity contribution is 0.176. The van der Waals surface area contributed by atoms with Crippen LogP contribution < -0.4 is 10.6 Å². The van der Waals surface area contributed by atoms with Gasteiger partial charge < -0.3 is 10.6 Å². The molecule has 2 fully saturated rings. The summed E-state index contributed by atoms with van der Waals surface area (Å²) in [5.41, 5.74) is 2.57. The number of sulfone groups is 1. The van der Waals surface area contributed by atoms with E-state index >= 15 is 0 Å². The highest BCUT2D eigenvalue weighted by molar-refractivity contribution is 14.0. The lowest BCUT2D eigenvalue weighted by Gasteiger charge is -2.31. The summed E-state index contributed by atoms with van der Waals surface area (Å²) in [6.07, 6.45) is 3.26. The SMILES string of the molecule is CCNC(=NCc1ccccc1CN1CCCC(C)C1)NC1CCS(=O)(=O)C1.I. The van der Waals surface area contributed by atoms with Crippen LogP contribution in [0.3, 0.4) is 0 Å². The van der Waals surface area contributed by atoms with Gasteiger partial charge in [0.15, 0.2) is 15.8 Å². The summed E-state index contributed by atoms with van der Waals surface area (Å²) >= 11 is 0. The van der Waals surface area contributed by atoms with Crippen molar-refractivity contribution in [2.75, 3.05) is 31.1 Å². The van der Waals surface area contributed by atoms with Gasteiger partial charge in [-0.1, -0.05) is 31.2 Å². The summed E-state index contributed by atoms with van der Waals surface area (Å²) in [6, 6.07) is 8.47. The van der Waals surface area contributed by atoms with E-state index in [2.05, 4.69) is 46.7 Å². The topological polar surface area (TPSA) is 73.8 Å². The molecule has 0 saturated carbocycles. The summed E-state index contributed by atoms with van der Waals surface area (Å²) in [7, 11) is -2.90. The Kier molecular flexibility index (Phi) is 9.68. The average molecular weight is 535 g/mol. The molecule has 3 rings (SSSR count). The van der Waals surface area contributed by atoms with Gasteiger partial charge in [0.25, 0.3) is 0 Å². The van der Waals surface area contributed by atoms with Crippen LogP contribution in [0.1, 0.15) is 44.2 Å². The lowest BCUT2D eigenvalue weighted by Crippen LogP contribution is -2.44. The number of hydrogen-bond donors (Lipinski definition) is 2. The van der Waals surface area contributed by atoms with Gasteiger partial charge in [-0.25, -0.2) is 13.4 Å². The molecule has 2 saturated heterocycles. The molecule has 1 aromatic carbocycles. The summed E-state index contributed by atoms with van der Waals surface area (Å²) in [4.78, 5) is 7.29. The van der Waals surface area contributed by atoms with E-state index in [1.165, 1.54) is 30.5 Å². The first-order valence-electron chi connectivity index (χ1n) is 10.5. The van der Waals surface area contributed by atoms with Crippen molar-refractivity contribution in [3.05, 3.63) is 35.4 Å². The number of hydrogen-bond acceptors (Lipinski definition) is 4. The molecule has 6 nitrogen and oxygen atoms in total. The van der Waals surface area contributed by atoms with Crippen LogP contribution in [0, 0.1) is 5.92 Å². The second-order valence-electron chi connectivity index (χ2n) is 8.19. The third kappa shape index (κ3) is 7.71. The standard InChI is InChI=1S/C21H34N4O2S.HI/c1-3-22-21(24-20-10-12-28(26,27)16-20)23-13-18-8-4-5-9-19(18)15-25-11-6-7-17(2)14-25;/h4-5,8-9,17,20H,3,6-7,10-16H2,1-2H3,(H2,22,23,24);1H. The minimum atomic E-state index is -2.90. The molecule has 0 bridgehead atoms. The number of nitrogens with zero attached hydrogens (tertiary/aromatic N) is 2. The first-order valence-corrected chi connectivity index (χ1v) is 12.3. The van der Waals surface area contributed by atoms with E-state index in [-0.39, 0.29) is 41.5 Å². The molecule has 8 heteroatoms. The molecule has 2 atom stereocenters. The van der Waals surface area contributed by atoms with Crippen LogP contribution in [0.4, 0.5) is 0 Å². The van der Waals surface area contributed by atoms with Gasteiger partial charge in [-0.15, -0.1) is 24.0 Å². The van der Waals surface area contributed by atoms with Crippen molar-refractivity contribution >= 4 is 39.8 Å². The fourth-order valence-electron chi connectivity index (χ4n) is 4.12. The molecule has 0 aromatic heterocycles. The Bertz CT molecular complexity index is 785. The van der Waals surface area contributed by atoms with Crippen LogP contribution in [-0.4, -0.2) is 56.5 Å². The van der Waals surface area contributed by atoms with Crippen molar-refractivity contribution < 1.29 is 8.42 Å². The molecule has 0 aliphatic carbocycles. The maximum absolute atomic E-state index is 11.7. The Morgan fingerprint density at radius 2 is 2.00 bits per heavy atom. The highest BCUT2D eigenvalue weighted by atomic mass is 127. The first kappa shape index (κ1) is 24.4. The Morgan fingerprint density at radius 1 is 1.24 bits per heavy atom. The van der Waals surface area contributed by atoms with Crippen LogP contribution >= 0.6 is 24.0 Å². The van der Waals surface area contributed by atoms with Crippen LogP contribution in [0.5, 0.6) is 0 Å². The summed E-state index contributed by atoms with van der Waals surface area (Å²) < 4.78 is 23.4. The molecule has 1 aromatic rings. The van der Waals surface area contributed by atoms with Gasteiger partial charge in [0, 0.05) is 25.7 Å². The molecule has 2 aliphatic heterocycles. The van der Waals surface area contributed by atoms with Crippen LogP contribution in [0.2, 0.25) is 0 Å². The molecular weight excluding hydrogens is 499 g/mol. The van der Waals surface area contributed by atoms with Crippen molar-refractivity contribution in [2.24, 2.45) is 10.9 Å². The van der Waals surface area contributed by atoms with Gasteiger partial charge in [0.1, 0.15) is 0 Å². The number of halogens is 1. The number of rotatable bonds is 6. The van der Waals surface area contributed by atoms with E-state index < -0.39 is 9.84 Å². The molecule has 29 heavy (non-hydrogen) atoms. The predicted molar refractivity (Wildman–Crippen MR) is 131 cm³/mol. The molecule has 0 spiro atoms. The van der Waals surface area contributed by atoms with Crippen molar-refractivity contribution in [3.8, 4) is 0 Å². The van der Waals surface area contributed by atoms with Crippen molar-refractivity contribution in [3.63, 3.8) is 0 Å². The number of piperidine rings is 1. The predicted octanol–water partition coefficient (Wildman–Crippen LogP) is 2.78. The van der Waals surface area contributed by atoms with E-state index in [4.69, 9.17) is 4.99 Å². The quantitative estimate of drug-likeness (QED) is 0.334. The third-order valence-corrected chi connectivity index (χ3v) is 7.35. The van der Waals surface area contributed by atoms with Gasteiger partial charge in [-0.2, -0.15) is 0 Å². The van der Waals surface area contributed by atoms with Crippen molar-refractivity contribution in [1.29, 1.82) is 0 Å². The molecular formula is C21H35IN4O2S. The molecule has 0 amide bonds. The largest absolute Gasteiger partial charge is 0.357 e. The smallest absolute Gasteiger partial charge is 0.191 e. The van der Waals surface area contributed by atoms with Gasteiger partial charge in [0.05, 0.1) is 18.1 Å². The van der Waals surface area contributed by atoms with E-state index in [0.717, 1.165) is 25.6 Å². The van der Waals surface area contributed by atoms with Crippen molar-refractivity contribution in [1.82, 2.24) is 15.5 Å². The number of nitrogens with one attached hydrogen (secondary N) is 2. The molecule has 0 radical (unpaired) electrons. The Labute approximate surface area is 192 Å². The number of guanidine groups is 1. The molecule has 2 aliphatic rings. The second kappa shape index (κ2) is 11.5. The van der Waals surface area contributed by atoms with Crippen LogP contribution in [0.15, 0.2) is 29.3 Å². The number of benzene rings is 1. The average Bonchev–Trinajstić information content (AvgIpc) is 2.99. The van der Waals surface area contributed by atoms with E-state index in [9.17, 15) is 8.42 Å². The molecule has 2 unspecified atom stereocenters. The molecule has 2 heterocycles. The molecule has 164 valence electrons. The van der Waals surface area contributed by atoms with Crippen LogP contribution in [0.25, 0.3) is 0 Å². The lowest BCUT2D eigenvalue weighted by atomic mass is 9.99. The minimum absolute atomic E-state index is 0. The first-order chi connectivity index (χ1) is 13.4. The normalized spacial score (nSPS) is 24.7. The summed E-state index contributed by atoms with van der Waals surface area (Å²) in [6.45, 7) is 9.00. The zero-order chi connectivity index (χ0) is 20.0. The Hall–Kier alpha value is -0.870. The number of aliphatic imine (C=N–C) groups is 1. The van der Waals surface area contributed by atoms with Gasteiger partial charge in [-0.05, 0) is 49.8 Å². The zero-order valence-corrected chi connectivity index (χ0v) is 20.7. The second-order valence-corrected chi connectivity index (χ2v) is 10.4. The van der Waals surface area contributed by atoms with E-state index in [1.54, 1.807) is 0 Å². The fourth-order valence-corrected chi connectivity index (χ4v) is 5.80. The summed E-state index contributed by atoms with van der Waals surface area (Å²) in [5, 5.41) is 6.55. The van der Waals surface area contributed by atoms with Gasteiger partial charge in [-0.3, -0.25) is 4.90 Å². The molecule has 2 N–H and O–H groups in total. The monoisotopic (exact) mass is 534 g/mol. The van der Waals surface area contributed by atoms with Gasteiger partial charge in [0.2, 0.25) is 0 Å². The highest BCUT2D eigenvalue weighted by Gasteiger charge is 2.28. The Morgan fingerprint density at radius 3 is 2.66 bits per heavy atom. The van der Waals surface area contributed by atoms with Crippen molar-refractivity contribution in [2.45, 2.75) is 52.2 Å². The minimum Gasteiger partial charge on any atom is -0.357 e. The Balaban J connectivity index is 0.00000300. The number of likely N-dealkylation sites (tertiary alicyclic amines) is 1.